The Hall–Kier alpha value is -4.17. The topological polar surface area (TPSA) is 119 Å². The van der Waals surface area contributed by atoms with Gasteiger partial charge in [0.15, 0.2) is 17.5 Å². The quantitative estimate of drug-likeness (QED) is 0.0636. The number of rotatable bonds is 8. The summed E-state index contributed by atoms with van der Waals surface area (Å²) < 4.78 is 88.1. The minimum absolute atomic E-state index is 0.0768. The van der Waals surface area contributed by atoms with E-state index in [-0.39, 0.29) is 39.2 Å². The Kier molecular flexibility index (Phi) is 9.30. The summed E-state index contributed by atoms with van der Waals surface area (Å²) in [6.45, 7) is 11.2. The maximum atomic E-state index is 15.7. The van der Waals surface area contributed by atoms with E-state index in [0.717, 1.165) is 43.6 Å². The zero-order chi connectivity index (χ0) is 35.3. The number of aryl methyl sites for hydroxylation is 1. The predicted octanol–water partition coefficient (Wildman–Crippen LogP) is 8.10. The van der Waals surface area contributed by atoms with E-state index in [1.165, 1.54) is 12.1 Å². The molecule has 0 spiro atoms. The van der Waals surface area contributed by atoms with Crippen molar-refractivity contribution in [1.29, 1.82) is 0 Å². The van der Waals surface area contributed by atoms with Crippen molar-refractivity contribution in [2.75, 3.05) is 23.3 Å². The highest BCUT2D eigenvalue weighted by Crippen LogP contribution is 2.39. The van der Waals surface area contributed by atoms with Gasteiger partial charge in [-0.05, 0) is 74.9 Å². The molecular weight excluding hydrogens is 678 g/mol. The summed E-state index contributed by atoms with van der Waals surface area (Å²) in [7, 11) is -6.19. The molecule has 15 heteroatoms. The number of fused-ring (bicyclic) bond motifs is 1. The SMILES string of the molecule is Cc1cc([C@@H](C)Nc2ccc(Cl)nc2-c2ccc(OS(=O)(=O)C(F)(F)F)c(C=O)c2F)c2oc(N3CCC(C)(C)CC3)c(C)c(=O)c2c1. The van der Waals surface area contributed by atoms with Crippen LogP contribution in [0.15, 0.2) is 45.6 Å². The van der Waals surface area contributed by atoms with E-state index < -0.39 is 38.8 Å². The fourth-order valence-electron chi connectivity index (χ4n) is 5.67. The maximum absolute atomic E-state index is 15.7. The molecule has 2 aromatic heterocycles. The van der Waals surface area contributed by atoms with Gasteiger partial charge in [-0.3, -0.25) is 9.59 Å². The van der Waals surface area contributed by atoms with Gasteiger partial charge in [0.2, 0.25) is 5.88 Å². The van der Waals surface area contributed by atoms with Crippen LogP contribution in [0.1, 0.15) is 66.7 Å². The molecule has 0 amide bonds. The number of halogens is 5. The van der Waals surface area contributed by atoms with E-state index in [2.05, 4.69) is 33.2 Å². The summed E-state index contributed by atoms with van der Waals surface area (Å²) in [6.07, 6.45) is 1.68. The van der Waals surface area contributed by atoms with E-state index in [1.54, 1.807) is 19.9 Å². The van der Waals surface area contributed by atoms with E-state index in [9.17, 15) is 31.2 Å². The first-order valence-electron chi connectivity index (χ1n) is 14.9. The molecule has 1 saturated heterocycles. The fraction of sp³-hybridized carbons (Fsp3) is 0.364. The second-order valence-corrected chi connectivity index (χ2v) is 14.5. The number of aromatic nitrogens is 1. The predicted molar refractivity (Wildman–Crippen MR) is 175 cm³/mol. The molecule has 3 heterocycles. The number of hydrogen-bond acceptors (Lipinski definition) is 9. The van der Waals surface area contributed by atoms with Crippen molar-refractivity contribution >= 4 is 50.5 Å². The second kappa shape index (κ2) is 12.7. The first-order valence-corrected chi connectivity index (χ1v) is 16.7. The first-order chi connectivity index (χ1) is 22.3. The van der Waals surface area contributed by atoms with E-state index in [4.69, 9.17) is 16.0 Å². The first kappa shape index (κ1) is 35.1. The van der Waals surface area contributed by atoms with Gasteiger partial charge in [0.1, 0.15) is 16.6 Å². The lowest BCUT2D eigenvalue weighted by Gasteiger charge is -2.37. The van der Waals surface area contributed by atoms with Crippen LogP contribution >= 0.6 is 11.6 Å². The number of nitrogens with one attached hydrogen (secondary N) is 1. The minimum atomic E-state index is -6.19. The lowest BCUT2D eigenvalue weighted by Crippen LogP contribution is -2.38. The summed E-state index contributed by atoms with van der Waals surface area (Å²) in [6, 6.07) is 7.55. The Bertz CT molecular complexity index is 2090. The highest BCUT2D eigenvalue weighted by atomic mass is 35.5. The summed E-state index contributed by atoms with van der Waals surface area (Å²) in [4.78, 5) is 31.7. The van der Waals surface area contributed by atoms with Crippen molar-refractivity contribution in [2.45, 2.75) is 59.0 Å². The molecule has 0 aliphatic carbocycles. The van der Waals surface area contributed by atoms with Crippen LogP contribution < -0.4 is 19.8 Å². The molecule has 2 aromatic carbocycles. The van der Waals surface area contributed by atoms with Crippen molar-refractivity contribution < 1.29 is 39.4 Å². The smallest absolute Gasteiger partial charge is 0.440 e. The molecule has 0 saturated carbocycles. The van der Waals surface area contributed by atoms with E-state index in [1.807, 2.05) is 13.0 Å². The maximum Gasteiger partial charge on any atom is 0.534 e. The molecule has 0 bridgehead atoms. The highest BCUT2D eigenvalue weighted by Gasteiger charge is 2.49. The van der Waals surface area contributed by atoms with E-state index in [0.29, 0.717) is 28.0 Å². The van der Waals surface area contributed by atoms with Crippen LogP contribution in [0.4, 0.5) is 29.1 Å². The third-order valence-electron chi connectivity index (χ3n) is 8.47. The summed E-state index contributed by atoms with van der Waals surface area (Å²) in [5, 5.41) is 3.54. The van der Waals surface area contributed by atoms with Crippen LogP contribution in [-0.4, -0.2) is 38.3 Å². The van der Waals surface area contributed by atoms with Gasteiger partial charge < -0.3 is 18.8 Å². The van der Waals surface area contributed by atoms with Crippen molar-refractivity contribution in [2.24, 2.45) is 5.41 Å². The molecule has 1 N–H and O–H groups in total. The van der Waals surface area contributed by atoms with Crippen LogP contribution in [-0.2, 0) is 10.1 Å². The molecule has 5 rings (SSSR count). The Morgan fingerprint density at radius 3 is 2.42 bits per heavy atom. The van der Waals surface area contributed by atoms with Crippen molar-refractivity contribution in [3.05, 3.63) is 79.8 Å². The third-order valence-corrected chi connectivity index (χ3v) is 9.64. The number of aldehydes is 1. The van der Waals surface area contributed by atoms with Crippen LogP contribution in [0.25, 0.3) is 22.2 Å². The summed E-state index contributed by atoms with van der Waals surface area (Å²) in [5.74, 6) is -2.05. The second-order valence-electron chi connectivity index (χ2n) is 12.6. The van der Waals surface area contributed by atoms with Gasteiger partial charge in [0.05, 0.1) is 33.9 Å². The number of carbonyl (C=O) groups excluding carboxylic acids is 1. The molecule has 1 aliphatic rings. The lowest BCUT2D eigenvalue weighted by atomic mass is 9.82. The lowest BCUT2D eigenvalue weighted by molar-refractivity contribution is -0.0500. The monoisotopic (exact) mass is 709 g/mol. The molecule has 1 atom stereocenters. The number of hydrogen-bond donors (Lipinski definition) is 1. The van der Waals surface area contributed by atoms with E-state index >= 15 is 4.39 Å². The largest absolute Gasteiger partial charge is 0.534 e. The van der Waals surface area contributed by atoms with Gasteiger partial charge in [-0.1, -0.05) is 31.5 Å². The molecule has 48 heavy (non-hydrogen) atoms. The highest BCUT2D eigenvalue weighted by molar-refractivity contribution is 7.88. The normalized spacial score (nSPS) is 15.8. The van der Waals surface area contributed by atoms with Crippen LogP contribution in [0.3, 0.4) is 0 Å². The zero-order valence-electron chi connectivity index (χ0n) is 26.6. The van der Waals surface area contributed by atoms with Gasteiger partial charge in [-0.2, -0.15) is 21.6 Å². The van der Waals surface area contributed by atoms with Gasteiger partial charge in [-0.15, -0.1) is 0 Å². The van der Waals surface area contributed by atoms with Gasteiger partial charge >= 0.3 is 15.6 Å². The number of piperidine rings is 1. The molecule has 9 nitrogen and oxygen atoms in total. The Morgan fingerprint density at radius 1 is 1.12 bits per heavy atom. The van der Waals surface area contributed by atoms with Crippen molar-refractivity contribution in [3.8, 4) is 17.0 Å². The van der Waals surface area contributed by atoms with Gasteiger partial charge in [-0.25, -0.2) is 9.37 Å². The molecule has 1 fully saturated rings. The third kappa shape index (κ3) is 6.73. The van der Waals surface area contributed by atoms with Gasteiger partial charge in [0.25, 0.3) is 0 Å². The number of carbonyl (C=O) groups is 1. The number of nitrogens with zero attached hydrogens (tertiary/aromatic N) is 2. The van der Waals surface area contributed by atoms with Crippen LogP contribution in [0.2, 0.25) is 5.15 Å². The Balaban J connectivity index is 1.57. The standard InChI is InChI=1S/C33H32ClF4N3O6S/c1-17-14-21(30-22(15-17)29(43)18(2)31(46-30)41-12-10-32(4,5)11-13-41)19(3)39-24-7-9-26(34)40-28(24)20-6-8-25(23(16-42)27(20)35)47-48(44,45)33(36,37)38/h6-9,14-16,19,39H,10-13H2,1-5H3/t19-/m1/s1. The molecule has 256 valence electrons. The Labute approximate surface area is 279 Å². The van der Waals surface area contributed by atoms with Crippen LogP contribution in [0, 0.1) is 25.1 Å². The summed E-state index contributed by atoms with van der Waals surface area (Å²) in [5.41, 5.74) is -4.94. The number of benzene rings is 2. The average molecular weight is 710 g/mol. The number of alkyl halides is 3. The van der Waals surface area contributed by atoms with Crippen molar-refractivity contribution in [3.63, 3.8) is 0 Å². The van der Waals surface area contributed by atoms with Crippen LogP contribution in [0.5, 0.6) is 5.75 Å². The average Bonchev–Trinajstić information content (AvgIpc) is 2.99. The number of pyridine rings is 1. The zero-order valence-corrected chi connectivity index (χ0v) is 28.2. The summed E-state index contributed by atoms with van der Waals surface area (Å²) >= 11 is 6.14. The molecule has 1 aliphatic heterocycles. The number of anilines is 2. The molecule has 0 radical (unpaired) electrons. The van der Waals surface area contributed by atoms with Gasteiger partial charge in [0, 0.05) is 24.2 Å². The molecule has 4 aromatic rings. The fourth-order valence-corrected chi connectivity index (χ4v) is 6.29. The Morgan fingerprint density at radius 2 is 1.79 bits per heavy atom. The van der Waals surface area contributed by atoms with Crippen molar-refractivity contribution in [1.82, 2.24) is 4.98 Å². The minimum Gasteiger partial charge on any atom is -0.440 e. The molecule has 0 unspecified atom stereocenters. The molecular formula is C33H32ClF4N3O6S.